The zero-order valence-corrected chi connectivity index (χ0v) is 11.6. The van der Waals surface area contributed by atoms with Crippen LogP contribution in [-0.4, -0.2) is 39.8 Å². The van der Waals surface area contributed by atoms with Crippen molar-refractivity contribution in [3.63, 3.8) is 0 Å². The van der Waals surface area contributed by atoms with Crippen molar-refractivity contribution >= 4 is 61.1 Å². The molecule has 0 saturated heterocycles. The van der Waals surface area contributed by atoms with E-state index in [2.05, 4.69) is 0 Å². The Hall–Kier alpha value is 1.18. The molecule has 0 saturated carbocycles. The monoisotopic (exact) mass is 318 g/mol. The van der Waals surface area contributed by atoms with Crippen LogP contribution in [0.1, 0.15) is 0 Å². The lowest BCUT2D eigenvalue weighted by atomic mass is 11.0. The molecule has 0 heterocycles. The Balaban J connectivity index is 3.41. The second-order valence-corrected chi connectivity index (χ2v) is 10.6. The van der Waals surface area contributed by atoms with E-state index in [1.807, 2.05) is 0 Å². The summed E-state index contributed by atoms with van der Waals surface area (Å²) in [6, 6.07) is 0. The number of hydrogen-bond donors (Lipinski definition) is 0. The molecule has 0 aromatic rings. The molecule has 0 aromatic heterocycles. The first-order valence-corrected chi connectivity index (χ1v) is 10.7. The van der Waals surface area contributed by atoms with Gasteiger partial charge in [-0.3, -0.25) is 0 Å². The van der Waals surface area contributed by atoms with Crippen molar-refractivity contribution in [2.75, 3.05) is 23.0 Å². The highest BCUT2D eigenvalue weighted by Gasteiger charge is 2.06. The van der Waals surface area contributed by atoms with E-state index >= 15 is 0 Å². The smallest absolute Gasteiger partial charge is 0.212 e. The summed E-state index contributed by atoms with van der Waals surface area (Å²) in [4.78, 5) is 0. The highest BCUT2D eigenvalue weighted by Crippen LogP contribution is 2.22. The first kappa shape index (κ1) is 15.2. The summed E-state index contributed by atoms with van der Waals surface area (Å²) >= 11 is 0. The first-order chi connectivity index (χ1) is 6.21. The maximum atomic E-state index is 10.4. The van der Waals surface area contributed by atoms with Gasteiger partial charge in [-0.15, -0.1) is 0 Å². The minimum atomic E-state index is -3.45. The molecular weight excluding hydrogens is 311 g/mol. The topological polar surface area (TPSA) is 68.3 Å². The van der Waals surface area contributed by atoms with Gasteiger partial charge in [-0.1, -0.05) is 21.6 Å². The number of halogens is 2. The molecule has 0 aliphatic heterocycles. The molecule has 0 spiro atoms. The van der Waals surface area contributed by atoms with Gasteiger partial charge in [0.1, 0.15) is 0 Å². The highest BCUT2D eigenvalue weighted by molar-refractivity contribution is 8.76. The summed E-state index contributed by atoms with van der Waals surface area (Å²) in [7, 11) is 5.51. The fourth-order valence-corrected chi connectivity index (χ4v) is 5.82. The van der Waals surface area contributed by atoms with E-state index in [1.165, 1.54) is 21.6 Å². The van der Waals surface area contributed by atoms with Gasteiger partial charge in [0.05, 0.1) is 11.5 Å². The summed E-state index contributed by atoms with van der Waals surface area (Å²) in [5.74, 6) is 0.414. The summed E-state index contributed by atoms with van der Waals surface area (Å²) in [5, 5.41) is 0. The second kappa shape index (κ2) is 6.70. The van der Waals surface area contributed by atoms with Crippen LogP contribution in [0.15, 0.2) is 0 Å². The molecule has 0 aromatic carbocycles. The van der Waals surface area contributed by atoms with E-state index in [0.29, 0.717) is 11.5 Å². The Bertz CT molecular complexity index is 312. The number of rotatable bonds is 7. The molecule has 0 bridgehead atoms. The van der Waals surface area contributed by atoms with E-state index in [0.717, 1.165) is 0 Å². The standard InChI is InChI=1S/C4H8Cl2O4S4/c5-13(7,8)3-1-11-12-2-4-14(6,9)10/h1-4H2. The molecule has 0 aliphatic carbocycles. The van der Waals surface area contributed by atoms with Crippen molar-refractivity contribution in [3.8, 4) is 0 Å². The van der Waals surface area contributed by atoms with E-state index in [1.54, 1.807) is 0 Å². The molecule has 0 radical (unpaired) electrons. The molecule has 4 nitrogen and oxygen atoms in total. The second-order valence-electron chi connectivity index (χ2n) is 2.13. The lowest BCUT2D eigenvalue weighted by Crippen LogP contribution is -2.00. The van der Waals surface area contributed by atoms with Crippen molar-refractivity contribution in [2.45, 2.75) is 0 Å². The van der Waals surface area contributed by atoms with E-state index in [9.17, 15) is 16.8 Å². The molecule has 0 amide bonds. The summed E-state index contributed by atoms with van der Waals surface area (Å²) in [5.41, 5.74) is 0. The third kappa shape index (κ3) is 13.2. The lowest BCUT2D eigenvalue weighted by molar-refractivity contribution is 0.609. The predicted octanol–water partition coefficient (Wildman–Crippen LogP) is 1.51. The van der Waals surface area contributed by atoms with Crippen LogP contribution < -0.4 is 0 Å². The van der Waals surface area contributed by atoms with Gasteiger partial charge < -0.3 is 0 Å². The largest absolute Gasteiger partial charge is 0.233 e. The maximum Gasteiger partial charge on any atom is 0.233 e. The van der Waals surface area contributed by atoms with Gasteiger partial charge in [0.25, 0.3) is 0 Å². The van der Waals surface area contributed by atoms with Crippen LogP contribution in [0, 0.1) is 0 Å². The Morgan fingerprint density at radius 3 is 1.29 bits per heavy atom. The van der Waals surface area contributed by atoms with Gasteiger partial charge in [-0.25, -0.2) is 16.8 Å². The molecule has 0 unspecified atom stereocenters. The van der Waals surface area contributed by atoms with Gasteiger partial charge >= 0.3 is 0 Å². The Morgan fingerprint density at radius 2 is 1.07 bits per heavy atom. The number of hydrogen-bond acceptors (Lipinski definition) is 6. The Labute approximate surface area is 100 Å². The fraction of sp³-hybridized carbons (Fsp3) is 1.00. The van der Waals surface area contributed by atoms with Gasteiger partial charge in [0.2, 0.25) is 18.1 Å². The lowest BCUT2D eigenvalue weighted by Gasteiger charge is -1.97. The molecule has 86 valence electrons. The van der Waals surface area contributed by atoms with E-state index in [4.69, 9.17) is 21.4 Å². The molecule has 0 atom stereocenters. The van der Waals surface area contributed by atoms with E-state index in [-0.39, 0.29) is 11.5 Å². The minimum absolute atomic E-state index is 0.125. The minimum Gasteiger partial charge on any atom is -0.212 e. The van der Waals surface area contributed by atoms with Crippen molar-refractivity contribution in [2.24, 2.45) is 0 Å². The van der Waals surface area contributed by atoms with Crippen molar-refractivity contribution in [1.29, 1.82) is 0 Å². The van der Waals surface area contributed by atoms with Gasteiger partial charge in [-0.05, 0) is 0 Å². The molecule has 10 heteroatoms. The third-order valence-corrected chi connectivity index (χ3v) is 6.14. The van der Waals surface area contributed by atoms with Crippen LogP contribution in [0.25, 0.3) is 0 Å². The zero-order valence-electron chi connectivity index (χ0n) is 6.85. The Kier molecular flexibility index (Phi) is 7.26. The van der Waals surface area contributed by atoms with Crippen LogP contribution in [0.4, 0.5) is 0 Å². The molecule has 0 rings (SSSR count). The molecule has 14 heavy (non-hydrogen) atoms. The Morgan fingerprint density at radius 1 is 0.786 bits per heavy atom. The van der Waals surface area contributed by atoms with Crippen LogP contribution in [-0.2, 0) is 18.1 Å². The summed E-state index contributed by atoms with van der Waals surface area (Å²) < 4.78 is 41.8. The van der Waals surface area contributed by atoms with E-state index < -0.39 is 18.1 Å². The molecule has 0 N–H and O–H groups in total. The molecule has 0 fully saturated rings. The van der Waals surface area contributed by atoms with Crippen LogP contribution in [0.2, 0.25) is 0 Å². The quantitative estimate of drug-likeness (QED) is 0.402. The first-order valence-electron chi connectivity index (χ1n) is 3.30. The van der Waals surface area contributed by atoms with Crippen LogP contribution >= 0.6 is 43.0 Å². The zero-order chi connectivity index (χ0) is 11.2. The summed E-state index contributed by atoms with van der Waals surface area (Å²) in [6.45, 7) is 0. The maximum absolute atomic E-state index is 10.4. The fourth-order valence-electron chi connectivity index (χ4n) is 0.385. The molecule has 0 aliphatic rings. The van der Waals surface area contributed by atoms with Crippen molar-refractivity contribution < 1.29 is 16.8 Å². The van der Waals surface area contributed by atoms with Crippen LogP contribution in [0.5, 0.6) is 0 Å². The van der Waals surface area contributed by atoms with Gasteiger partial charge in [0.15, 0.2) is 0 Å². The van der Waals surface area contributed by atoms with Crippen LogP contribution in [0.3, 0.4) is 0 Å². The average Bonchev–Trinajstić information content (AvgIpc) is 1.92. The predicted molar refractivity (Wildman–Crippen MR) is 64.2 cm³/mol. The highest BCUT2D eigenvalue weighted by atomic mass is 35.7. The van der Waals surface area contributed by atoms with Crippen molar-refractivity contribution in [3.05, 3.63) is 0 Å². The SMILES string of the molecule is O=S(=O)(Cl)CCSSCCS(=O)(=O)Cl. The van der Waals surface area contributed by atoms with Gasteiger partial charge in [0, 0.05) is 32.9 Å². The van der Waals surface area contributed by atoms with Gasteiger partial charge in [-0.2, -0.15) is 0 Å². The normalized spacial score (nSPS) is 13.0. The average molecular weight is 319 g/mol. The summed E-state index contributed by atoms with van der Waals surface area (Å²) in [6.07, 6.45) is 0. The van der Waals surface area contributed by atoms with Crippen molar-refractivity contribution in [1.82, 2.24) is 0 Å². The molecular formula is C4H8Cl2O4S4. The third-order valence-electron chi connectivity index (χ3n) is 0.904.